The number of pyridine rings is 1. The summed E-state index contributed by atoms with van der Waals surface area (Å²) in [5.74, 6) is -2.56. The van der Waals surface area contributed by atoms with E-state index in [1.165, 1.54) is 0 Å². The fraction of sp³-hybridized carbons (Fsp3) is 0.286. The molecule has 7 N–H and O–H groups in total. The topological polar surface area (TPSA) is 193 Å². The van der Waals surface area contributed by atoms with E-state index in [0.717, 1.165) is 11.6 Å². The van der Waals surface area contributed by atoms with E-state index >= 15 is 0 Å². The number of carbonyl (C=O) groups excluding carboxylic acids is 4. The van der Waals surface area contributed by atoms with E-state index in [1.807, 2.05) is 51.1 Å². The molecule has 1 heterocycles. The number of rotatable bonds is 13. The Kier molecular flexibility index (Phi) is 11.1. The number of hydrogen-bond donors (Lipinski definition) is 6. The monoisotopic (exact) mass is 641 g/mol. The second-order valence-electron chi connectivity index (χ2n) is 12.2. The number of para-hydroxylation sites is 2. The van der Waals surface area contributed by atoms with Gasteiger partial charge in [0.1, 0.15) is 30.2 Å². The lowest BCUT2D eigenvalue weighted by Gasteiger charge is -2.27. The lowest BCUT2D eigenvalue weighted by atomic mass is 10.0. The van der Waals surface area contributed by atoms with Gasteiger partial charge in [0.15, 0.2) is 5.43 Å². The third-order valence-electron chi connectivity index (χ3n) is 7.13. The summed E-state index contributed by atoms with van der Waals surface area (Å²) in [7, 11) is 0. The Morgan fingerprint density at radius 3 is 2.26 bits per heavy atom. The third kappa shape index (κ3) is 9.75. The molecule has 0 aliphatic carbocycles. The van der Waals surface area contributed by atoms with Crippen molar-refractivity contribution in [3.8, 4) is 5.75 Å². The van der Waals surface area contributed by atoms with Crippen molar-refractivity contribution in [1.29, 1.82) is 0 Å². The first-order valence-corrected chi connectivity index (χ1v) is 15.1. The molecule has 0 aliphatic rings. The molecule has 3 aromatic carbocycles. The summed E-state index contributed by atoms with van der Waals surface area (Å²) in [5, 5.41) is 19.8. The Hall–Kier alpha value is -5.49. The van der Waals surface area contributed by atoms with E-state index in [0.29, 0.717) is 10.9 Å². The molecule has 4 rings (SSSR count). The van der Waals surface area contributed by atoms with Crippen LogP contribution < -0.4 is 31.8 Å². The molecule has 0 saturated carbocycles. The number of fused-ring (bicyclic) bond motifs is 1. The van der Waals surface area contributed by atoms with Gasteiger partial charge in [-0.15, -0.1) is 0 Å². The van der Waals surface area contributed by atoms with Crippen LogP contribution >= 0.6 is 0 Å². The summed E-state index contributed by atoms with van der Waals surface area (Å²) in [6, 6.07) is 21.0. The molecule has 3 atom stereocenters. The van der Waals surface area contributed by atoms with Gasteiger partial charge in [-0.05, 0) is 57.0 Å². The number of ether oxygens (including phenoxy) is 1. The van der Waals surface area contributed by atoms with Crippen LogP contribution in [0.1, 0.15) is 53.6 Å². The summed E-state index contributed by atoms with van der Waals surface area (Å²) in [4.78, 5) is 67.0. The molecule has 0 unspecified atom stereocenters. The number of nitrogens with one attached hydrogen (secondary N) is 4. The minimum absolute atomic E-state index is 0.112. The Labute approximate surface area is 271 Å². The highest BCUT2D eigenvalue weighted by molar-refractivity contribution is 5.99. The number of hydrogen-bond acceptors (Lipinski definition) is 7. The number of aliphatic hydroxyl groups is 1. The fourth-order valence-electron chi connectivity index (χ4n) is 4.88. The molecule has 246 valence electrons. The Bertz CT molecular complexity index is 1800. The largest absolute Gasteiger partial charge is 0.490 e. The Morgan fingerprint density at radius 1 is 0.894 bits per heavy atom. The van der Waals surface area contributed by atoms with Gasteiger partial charge < -0.3 is 36.5 Å². The first-order chi connectivity index (χ1) is 22.3. The normalized spacial score (nSPS) is 13.2. The molecule has 0 fully saturated rings. The minimum atomic E-state index is -1.43. The van der Waals surface area contributed by atoms with Crippen molar-refractivity contribution < 1.29 is 29.0 Å². The number of aromatic nitrogens is 1. The van der Waals surface area contributed by atoms with Crippen molar-refractivity contribution in [3.05, 3.63) is 112 Å². The van der Waals surface area contributed by atoms with E-state index in [9.17, 15) is 29.1 Å². The maximum atomic E-state index is 13.6. The number of amides is 4. The predicted molar refractivity (Wildman–Crippen MR) is 177 cm³/mol. The minimum Gasteiger partial charge on any atom is -0.490 e. The van der Waals surface area contributed by atoms with Crippen molar-refractivity contribution >= 4 is 34.5 Å². The molecule has 0 aliphatic heterocycles. The highest BCUT2D eigenvalue weighted by atomic mass is 16.5. The SMILES string of the molecule is CC(C)(C)NC(=O)c1ccccc1OC[C@H](O)[C@H](Cc1ccccc1)NC(=O)[C@H](CC(N)=O)NC(=O)c1cc(=O)c2ccccc2[nH]1. The fourth-order valence-corrected chi connectivity index (χ4v) is 4.88. The van der Waals surface area contributed by atoms with Crippen molar-refractivity contribution in [3.63, 3.8) is 0 Å². The molecular weight excluding hydrogens is 602 g/mol. The summed E-state index contributed by atoms with van der Waals surface area (Å²) in [6.45, 7) is 5.25. The van der Waals surface area contributed by atoms with Gasteiger partial charge in [0, 0.05) is 22.5 Å². The number of aliphatic hydroxyl groups excluding tert-OH is 1. The third-order valence-corrected chi connectivity index (χ3v) is 7.13. The Balaban J connectivity index is 1.53. The summed E-state index contributed by atoms with van der Waals surface area (Å²) in [5.41, 5.74) is 5.89. The van der Waals surface area contributed by atoms with E-state index in [1.54, 1.807) is 48.5 Å². The molecule has 0 bridgehead atoms. The van der Waals surface area contributed by atoms with Crippen LogP contribution in [-0.4, -0.2) is 64.1 Å². The molecule has 0 radical (unpaired) electrons. The maximum Gasteiger partial charge on any atom is 0.268 e. The van der Waals surface area contributed by atoms with Crippen LogP contribution in [0.25, 0.3) is 10.9 Å². The second kappa shape index (κ2) is 15.2. The van der Waals surface area contributed by atoms with Gasteiger partial charge >= 0.3 is 0 Å². The van der Waals surface area contributed by atoms with Gasteiger partial charge in [-0.2, -0.15) is 0 Å². The van der Waals surface area contributed by atoms with Crippen molar-refractivity contribution in [2.75, 3.05) is 6.61 Å². The maximum absolute atomic E-state index is 13.6. The molecule has 4 amide bonds. The molecular formula is C35H39N5O7. The Morgan fingerprint density at radius 2 is 1.55 bits per heavy atom. The van der Waals surface area contributed by atoms with Gasteiger partial charge in [0.2, 0.25) is 11.8 Å². The summed E-state index contributed by atoms with van der Waals surface area (Å²) < 4.78 is 5.89. The van der Waals surface area contributed by atoms with Crippen LogP contribution in [0.4, 0.5) is 0 Å². The van der Waals surface area contributed by atoms with Gasteiger partial charge in [-0.25, -0.2) is 0 Å². The van der Waals surface area contributed by atoms with Crippen LogP contribution in [0.5, 0.6) is 5.75 Å². The molecule has 1 aromatic heterocycles. The first kappa shape index (κ1) is 34.4. The van der Waals surface area contributed by atoms with E-state index in [4.69, 9.17) is 10.5 Å². The summed E-state index contributed by atoms with van der Waals surface area (Å²) in [6.07, 6.45) is -1.67. The van der Waals surface area contributed by atoms with Gasteiger partial charge in [-0.1, -0.05) is 54.6 Å². The highest BCUT2D eigenvalue weighted by Crippen LogP contribution is 2.20. The van der Waals surface area contributed by atoms with Crippen LogP contribution in [0.15, 0.2) is 89.7 Å². The van der Waals surface area contributed by atoms with Crippen molar-refractivity contribution in [2.24, 2.45) is 5.73 Å². The standard InChI is InChI=1S/C35H39N5O7/c1-35(2,3)40-32(44)23-14-8-10-16-30(23)47-20-29(42)25(17-21-11-5-4-6-12-21)38-34(46)27(19-31(36)43)39-33(45)26-18-28(41)22-13-7-9-15-24(22)37-26/h4-16,18,25,27,29,42H,17,19-20H2,1-3H3,(H2,36,43)(H,37,41)(H,38,46)(H,39,45)(H,40,44)/t25-,27-,29-/m0/s1. The zero-order valence-electron chi connectivity index (χ0n) is 26.4. The smallest absolute Gasteiger partial charge is 0.268 e. The number of nitrogens with two attached hydrogens (primary N) is 1. The second-order valence-corrected chi connectivity index (χ2v) is 12.2. The van der Waals surface area contributed by atoms with Crippen molar-refractivity contribution in [1.82, 2.24) is 20.9 Å². The van der Waals surface area contributed by atoms with Crippen LogP contribution in [-0.2, 0) is 16.0 Å². The molecule has 12 nitrogen and oxygen atoms in total. The quantitative estimate of drug-likeness (QED) is 0.129. The van der Waals surface area contributed by atoms with Crippen molar-refractivity contribution in [2.45, 2.75) is 57.3 Å². The number of aromatic amines is 1. The van der Waals surface area contributed by atoms with Gasteiger partial charge in [0.05, 0.1) is 18.0 Å². The number of primary amides is 1. The van der Waals surface area contributed by atoms with Crippen LogP contribution in [0.3, 0.4) is 0 Å². The molecule has 0 spiro atoms. The van der Waals surface area contributed by atoms with Crippen LogP contribution in [0, 0.1) is 0 Å². The average molecular weight is 642 g/mol. The zero-order chi connectivity index (χ0) is 34.1. The lowest BCUT2D eigenvalue weighted by Crippen LogP contribution is -2.55. The number of H-pyrrole nitrogens is 1. The predicted octanol–water partition coefficient (Wildman–Crippen LogP) is 2.20. The van der Waals surface area contributed by atoms with Gasteiger partial charge in [-0.3, -0.25) is 24.0 Å². The molecule has 4 aromatic rings. The summed E-state index contributed by atoms with van der Waals surface area (Å²) >= 11 is 0. The lowest BCUT2D eigenvalue weighted by molar-refractivity contribution is -0.128. The average Bonchev–Trinajstić information content (AvgIpc) is 3.02. The number of carbonyl (C=O) groups is 4. The first-order valence-electron chi connectivity index (χ1n) is 15.1. The molecule has 47 heavy (non-hydrogen) atoms. The van der Waals surface area contributed by atoms with E-state index in [-0.39, 0.29) is 35.9 Å². The number of benzene rings is 3. The van der Waals surface area contributed by atoms with Gasteiger partial charge in [0.25, 0.3) is 11.8 Å². The van der Waals surface area contributed by atoms with E-state index in [2.05, 4.69) is 20.9 Å². The zero-order valence-corrected chi connectivity index (χ0v) is 26.4. The molecule has 0 saturated heterocycles. The molecule has 12 heteroatoms. The van der Waals surface area contributed by atoms with Crippen LogP contribution in [0.2, 0.25) is 0 Å². The van der Waals surface area contributed by atoms with E-state index < -0.39 is 53.3 Å². The highest BCUT2D eigenvalue weighted by Gasteiger charge is 2.30.